The first-order valence-corrected chi connectivity index (χ1v) is 9.44. The maximum atomic E-state index is 12.6. The van der Waals surface area contributed by atoms with Gasteiger partial charge >= 0.3 is 5.97 Å². The first-order valence-electron chi connectivity index (χ1n) is 9.44. The fourth-order valence-electron chi connectivity index (χ4n) is 3.42. The summed E-state index contributed by atoms with van der Waals surface area (Å²) in [6.07, 6.45) is 0.207. The molecule has 0 radical (unpaired) electrons. The predicted octanol–water partition coefficient (Wildman–Crippen LogP) is 4.08. The zero-order valence-electron chi connectivity index (χ0n) is 16.1. The Bertz CT molecular complexity index is 1030. The minimum atomic E-state index is -0.356. The Balaban J connectivity index is 1.48. The van der Waals surface area contributed by atoms with Crippen LogP contribution < -0.4 is 10.1 Å². The molecule has 3 aromatic rings. The maximum absolute atomic E-state index is 12.6. The Morgan fingerprint density at radius 2 is 1.83 bits per heavy atom. The van der Waals surface area contributed by atoms with Gasteiger partial charge in [0.2, 0.25) is 0 Å². The second kappa shape index (κ2) is 8.19. The lowest BCUT2D eigenvalue weighted by Gasteiger charge is -2.25. The topological polar surface area (TPSA) is 64.6 Å². The van der Waals surface area contributed by atoms with Gasteiger partial charge in [-0.3, -0.25) is 4.79 Å². The van der Waals surface area contributed by atoms with Crippen LogP contribution in [0.2, 0.25) is 0 Å². The summed E-state index contributed by atoms with van der Waals surface area (Å²) >= 11 is 0. The number of carbonyl (C=O) groups is 2. The molecule has 1 aliphatic heterocycles. The van der Waals surface area contributed by atoms with Gasteiger partial charge in [-0.25, -0.2) is 4.79 Å². The molecule has 4 rings (SSSR count). The van der Waals surface area contributed by atoms with E-state index in [2.05, 4.69) is 5.32 Å². The highest BCUT2D eigenvalue weighted by molar-refractivity contribution is 5.97. The van der Waals surface area contributed by atoms with Crippen molar-refractivity contribution in [2.75, 3.05) is 7.11 Å². The molecule has 1 N–H and O–H groups in total. The Hall–Kier alpha value is -3.60. The lowest BCUT2D eigenvalue weighted by atomic mass is 9.93. The zero-order chi connectivity index (χ0) is 20.2. The Labute approximate surface area is 169 Å². The number of hydrogen-bond acceptors (Lipinski definition) is 4. The molecule has 29 heavy (non-hydrogen) atoms. The van der Waals surface area contributed by atoms with Gasteiger partial charge in [0.1, 0.15) is 11.9 Å². The molecule has 0 spiro atoms. The molecule has 5 heteroatoms. The molecule has 0 aliphatic carbocycles. The highest BCUT2D eigenvalue weighted by atomic mass is 16.5. The molecule has 0 saturated heterocycles. The molecule has 0 saturated carbocycles. The summed E-state index contributed by atoms with van der Waals surface area (Å²) < 4.78 is 10.7. The number of benzene rings is 3. The van der Waals surface area contributed by atoms with Crippen LogP contribution in [0, 0.1) is 0 Å². The standard InChI is InChI=1S/C24H21NO4/c1-28-20-10-7-16(8-11-20)15-25-23(26)18-9-12-21-19(13-18)14-22(29-24(21)27)17-5-3-2-4-6-17/h2-13,22H,14-15H2,1H3,(H,25,26). The molecule has 0 bridgehead atoms. The van der Waals surface area contributed by atoms with Gasteiger partial charge in [0.15, 0.2) is 0 Å². The van der Waals surface area contributed by atoms with Crippen molar-refractivity contribution in [3.8, 4) is 5.75 Å². The zero-order valence-corrected chi connectivity index (χ0v) is 16.1. The number of carbonyl (C=O) groups excluding carboxylic acids is 2. The summed E-state index contributed by atoms with van der Waals surface area (Å²) in [6, 6.07) is 22.3. The van der Waals surface area contributed by atoms with Gasteiger partial charge < -0.3 is 14.8 Å². The van der Waals surface area contributed by atoms with E-state index in [0.29, 0.717) is 24.1 Å². The average molecular weight is 387 g/mol. The fourth-order valence-corrected chi connectivity index (χ4v) is 3.42. The molecular weight excluding hydrogens is 366 g/mol. The van der Waals surface area contributed by atoms with E-state index in [4.69, 9.17) is 9.47 Å². The highest BCUT2D eigenvalue weighted by Crippen LogP contribution is 2.31. The Morgan fingerprint density at radius 1 is 1.07 bits per heavy atom. The number of hydrogen-bond donors (Lipinski definition) is 1. The van der Waals surface area contributed by atoms with E-state index in [1.807, 2.05) is 54.6 Å². The number of amides is 1. The molecule has 0 aromatic heterocycles. The molecule has 5 nitrogen and oxygen atoms in total. The normalized spacial score (nSPS) is 15.2. The van der Waals surface area contributed by atoms with Gasteiger partial charge in [-0.1, -0.05) is 42.5 Å². The van der Waals surface area contributed by atoms with Crippen molar-refractivity contribution < 1.29 is 19.1 Å². The van der Waals surface area contributed by atoms with E-state index in [0.717, 1.165) is 22.4 Å². The van der Waals surface area contributed by atoms with Crippen LogP contribution in [0.1, 0.15) is 43.5 Å². The maximum Gasteiger partial charge on any atom is 0.339 e. The van der Waals surface area contributed by atoms with E-state index < -0.39 is 0 Å². The van der Waals surface area contributed by atoms with Gasteiger partial charge in [-0.2, -0.15) is 0 Å². The third kappa shape index (κ3) is 4.14. The van der Waals surface area contributed by atoms with Crippen LogP contribution in [0.4, 0.5) is 0 Å². The summed E-state index contributed by atoms with van der Waals surface area (Å²) in [5, 5.41) is 2.92. The molecule has 1 unspecified atom stereocenters. The van der Waals surface area contributed by atoms with Crippen LogP contribution in [0.25, 0.3) is 0 Å². The number of nitrogens with one attached hydrogen (secondary N) is 1. The number of cyclic esters (lactones) is 1. The lowest BCUT2D eigenvalue weighted by molar-refractivity contribution is 0.0252. The first-order chi connectivity index (χ1) is 14.1. The van der Waals surface area contributed by atoms with Crippen molar-refractivity contribution in [3.63, 3.8) is 0 Å². The molecule has 1 atom stereocenters. The van der Waals surface area contributed by atoms with Crippen LogP contribution in [-0.4, -0.2) is 19.0 Å². The van der Waals surface area contributed by atoms with E-state index >= 15 is 0 Å². The van der Waals surface area contributed by atoms with Crippen LogP contribution >= 0.6 is 0 Å². The average Bonchev–Trinajstić information content (AvgIpc) is 2.78. The largest absolute Gasteiger partial charge is 0.497 e. The number of esters is 1. The van der Waals surface area contributed by atoms with Crippen molar-refractivity contribution in [1.29, 1.82) is 0 Å². The summed E-state index contributed by atoms with van der Waals surface area (Å²) in [4.78, 5) is 25.0. The number of ether oxygens (including phenoxy) is 2. The quantitative estimate of drug-likeness (QED) is 0.670. The number of rotatable bonds is 5. The minimum Gasteiger partial charge on any atom is -0.497 e. The fraction of sp³-hybridized carbons (Fsp3) is 0.167. The van der Waals surface area contributed by atoms with Crippen LogP contribution in [-0.2, 0) is 17.7 Å². The third-order valence-corrected chi connectivity index (χ3v) is 5.03. The predicted molar refractivity (Wildman–Crippen MR) is 109 cm³/mol. The SMILES string of the molecule is COc1ccc(CNC(=O)c2ccc3c(c2)CC(c2ccccc2)OC3=O)cc1. The molecule has 1 amide bonds. The van der Waals surface area contributed by atoms with Crippen LogP contribution in [0.3, 0.4) is 0 Å². The second-order valence-corrected chi connectivity index (χ2v) is 6.91. The Kier molecular flexibility index (Phi) is 5.29. The monoisotopic (exact) mass is 387 g/mol. The van der Waals surface area contributed by atoms with Gasteiger partial charge in [-0.15, -0.1) is 0 Å². The second-order valence-electron chi connectivity index (χ2n) is 6.91. The molecule has 1 aliphatic rings. The smallest absolute Gasteiger partial charge is 0.339 e. The van der Waals surface area contributed by atoms with E-state index in [1.165, 1.54) is 0 Å². The van der Waals surface area contributed by atoms with Crippen LogP contribution in [0.5, 0.6) is 5.75 Å². The third-order valence-electron chi connectivity index (χ3n) is 5.03. The van der Waals surface area contributed by atoms with Gasteiger partial charge in [0, 0.05) is 18.5 Å². The molecule has 3 aromatic carbocycles. The number of fused-ring (bicyclic) bond motifs is 1. The molecule has 0 fully saturated rings. The van der Waals surface area contributed by atoms with E-state index in [9.17, 15) is 9.59 Å². The molecule has 146 valence electrons. The summed E-state index contributed by atoms with van der Waals surface area (Å²) in [7, 11) is 1.62. The minimum absolute atomic E-state index is 0.182. The van der Waals surface area contributed by atoms with Gasteiger partial charge in [0.05, 0.1) is 12.7 Å². The highest BCUT2D eigenvalue weighted by Gasteiger charge is 2.28. The summed E-state index contributed by atoms with van der Waals surface area (Å²) in [5.74, 6) is 0.235. The lowest BCUT2D eigenvalue weighted by Crippen LogP contribution is -2.25. The van der Waals surface area contributed by atoms with Crippen molar-refractivity contribution in [1.82, 2.24) is 5.32 Å². The summed E-state index contributed by atoms with van der Waals surface area (Å²) in [5.41, 5.74) is 3.79. The Morgan fingerprint density at radius 3 is 2.55 bits per heavy atom. The van der Waals surface area contributed by atoms with Crippen LogP contribution in [0.15, 0.2) is 72.8 Å². The van der Waals surface area contributed by atoms with Gasteiger partial charge in [0.25, 0.3) is 5.91 Å². The molecule has 1 heterocycles. The number of methoxy groups -OCH3 is 1. The van der Waals surface area contributed by atoms with Crippen molar-refractivity contribution in [3.05, 3.63) is 101 Å². The van der Waals surface area contributed by atoms with Gasteiger partial charge in [-0.05, 0) is 47.0 Å². The van der Waals surface area contributed by atoms with Crippen molar-refractivity contribution in [2.45, 2.75) is 19.1 Å². The first kappa shape index (κ1) is 18.7. The van der Waals surface area contributed by atoms with Crippen molar-refractivity contribution in [2.24, 2.45) is 0 Å². The van der Waals surface area contributed by atoms with E-state index in [1.54, 1.807) is 25.3 Å². The summed E-state index contributed by atoms with van der Waals surface area (Å²) in [6.45, 7) is 0.411. The molecular formula is C24H21NO4. The van der Waals surface area contributed by atoms with Crippen molar-refractivity contribution >= 4 is 11.9 Å². The van der Waals surface area contributed by atoms with E-state index in [-0.39, 0.29) is 18.0 Å².